The Kier molecular flexibility index (Phi) is 6.62. The van der Waals surface area contributed by atoms with Crippen LogP contribution in [0.1, 0.15) is 16.9 Å². The smallest absolute Gasteiger partial charge is 0.224 e. The molecule has 28 heavy (non-hydrogen) atoms. The maximum absolute atomic E-state index is 12.6. The number of rotatable bonds is 7. The van der Waals surface area contributed by atoms with E-state index in [4.69, 9.17) is 4.74 Å². The summed E-state index contributed by atoms with van der Waals surface area (Å²) in [5.41, 5.74) is 1.34. The highest BCUT2D eigenvalue weighted by Crippen LogP contribution is 2.24. The summed E-state index contributed by atoms with van der Waals surface area (Å²) in [6.07, 6.45) is 1.65. The van der Waals surface area contributed by atoms with E-state index < -0.39 is 0 Å². The van der Waals surface area contributed by atoms with Gasteiger partial charge in [-0.15, -0.1) is 11.3 Å². The second-order valence-corrected chi connectivity index (χ2v) is 8.53. The zero-order valence-electron chi connectivity index (χ0n) is 16.4. The Bertz CT molecular complexity index is 756. The molecule has 0 atom stereocenters. The zero-order valence-corrected chi connectivity index (χ0v) is 17.2. The van der Waals surface area contributed by atoms with Crippen molar-refractivity contribution in [3.63, 3.8) is 0 Å². The van der Waals surface area contributed by atoms with Crippen LogP contribution in [-0.4, -0.2) is 73.0 Å². The molecule has 5 nitrogen and oxygen atoms in total. The first kappa shape index (κ1) is 19.4. The van der Waals surface area contributed by atoms with Crippen molar-refractivity contribution in [2.45, 2.75) is 19.4 Å². The molecule has 0 aliphatic carbocycles. The molecule has 1 aromatic carbocycles. The van der Waals surface area contributed by atoms with Crippen molar-refractivity contribution in [1.29, 1.82) is 0 Å². The number of hydrogen-bond donors (Lipinski definition) is 0. The monoisotopic (exact) mass is 399 g/mol. The maximum Gasteiger partial charge on any atom is 0.224 e. The minimum absolute atomic E-state index is 0.301. The Morgan fingerprint density at radius 1 is 0.964 bits per heavy atom. The lowest BCUT2D eigenvalue weighted by atomic mass is 10.1. The van der Waals surface area contributed by atoms with Crippen LogP contribution in [0.3, 0.4) is 0 Å². The number of fused-ring (bicyclic) bond motifs is 1. The second kappa shape index (κ2) is 9.54. The molecule has 2 aliphatic heterocycles. The molecule has 6 heteroatoms. The van der Waals surface area contributed by atoms with Crippen LogP contribution >= 0.6 is 11.3 Å². The molecule has 4 rings (SSSR count). The number of para-hydroxylation sites is 1. The van der Waals surface area contributed by atoms with E-state index >= 15 is 0 Å². The lowest BCUT2D eigenvalue weighted by Crippen LogP contribution is -2.48. The van der Waals surface area contributed by atoms with Gasteiger partial charge in [0.25, 0.3) is 0 Å². The van der Waals surface area contributed by atoms with Gasteiger partial charge in [0.05, 0.1) is 0 Å². The summed E-state index contributed by atoms with van der Waals surface area (Å²) in [6, 6.07) is 12.2. The molecule has 1 saturated heterocycles. The summed E-state index contributed by atoms with van der Waals surface area (Å²) in [4.78, 5) is 20.9. The van der Waals surface area contributed by atoms with E-state index in [1.807, 2.05) is 46.6 Å². The first-order valence-corrected chi connectivity index (χ1v) is 11.1. The third-order valence-corrected chi connectivity index (χ3v) is 6.71. The van der Waals surface area contributed by atoms with E-state index in [9.17, 15) is 4.79 Å². The van der Waals surface area contributed by atoms with Gasteiger partial charge in [0.2, 0.25) is 5.91 Å². The Morgan fingerprint density at radius 2 is 1.71 bits per heavy atom. The summed E-state index contributed by atoms with van der Waals surface area (Å²) in [5, 5.41) is 2.14. The highest BCUT2D eigenvalue weighted by Gasteiger charge is 2.23. The van der Waals surface area contributed by atoms with Crippen molar-refractivity contribution in [1.82, 2.24) is 14.7 Å². The molecule has 0 bridgehead atoms. The molecule has 2 aliphatic rings. The largest absolute Gasteiger partial charge is 0.492 e. The number of benzene rings is 1. The SMILES string of the molecule is O=C(CCN1CCN(CCOc2ccccc2)CC1)N1CCc2sccc2C1. The summed E-state index contributed by atoms with van der Waals surface area (Å²) in [6.45, 7) is 8.40. The van der Waals surface area contributed by atoms with Crippen molar-refractivity contribution in [3.05, 3.63) is 52.2 Å². The van der Waals surface area contributed by atoms with Gasteiger partial charge in [-0.25, -0.2) is 0 Å². The molecule has 150 valence electrons. The Balaban J connectivity index is 1.12. The van der Waals surface area contributed by atoms with Crippen LogP contribution in [0.2, 0.25) is 0 Å². The molecule has 0 unspecified atom stereocenters. The van der Waals surface area contributed by atoms with Gasteiger partial charge >= 0.3 is 0 Å². The van der Waals surface area contributed by atoms with E-state index in [0.717, 1.165) is 71.1 Å². The highest BCUT2D eigenvalue weighted by atomic mass is 32.1. The Hall–Kier alpha value is -1.89. The predicted octanol–water partition coefficient (Wildman–Crippen LogP) is 2.72. The standard InChI is InChI=1S/C22H29N3O2S/c26-22(25-10-6-21-19(18-25)8-17-28-21)7-9-23-11-13-24(14-12-23)15-16-27-20-4-2-1-3-5-20/h1-5,8,17H,6-7,9-16,18H2. The number of piperazine rings is 1. The number of carbonyl (C=O) groups is 1. The summed E-state index contributed by atoms with van der Waals surface area (Å²) >= 11 is 1.82. The first-order chi connectivity index (χ1) is 13.8. The molecule has 0 N–H and O–H groups in total. The van der Waals surface area contributed by atoms with Crippen LogP contribution < -0.4 is 4.74 Å². The van der Waals surface area contributed by atoms with Crippen LogP contribution in [0.15, 0.2) is 41.8 Å². The van der Waals surface area contributed by atoms with Crippen LogP contribution in [-0.2, 0) is 17.8 Å². The van der Waals surface area contributed by atoms with E-state index in [2.05, 4.69) is 21.2 Å². The Labute approximate surface area is 171 Å². The van der Waals surface area contributed by atoms with Crippen molar-refractivity contribution in [2.75, 3.05) is 52.4 Å². The fraction of sp³-hybridized carbons (Fsp3) is 0.500. The Morgan fingerprint density at radius 3 is 2.50 bits per heavy atom. The van der Waals surface area contributed by atoms with Crippen molar-refractivity contribution >= 4 is 17.2 Å². The molecule has 1 fully saturated rings. The van der Waals surface area contributed by atoms with Crippen LogP contribution in [0, 0.1) is 0 Å². The normalized spacial score (nSPS) is 18.1. The number of thiophene rings is 1. The van der Waals surface area contributed by atoms with Crippen molar-refractivity contribution in [2.24, 2.45) is 0 Å². The molecule has 0 saturated carbocycles. The van der Waals surface area contributed by atoms with E-state index in [1.54, 1.807) is 0 Å². The topological polar surface area (TPSA) is 36.0 Å². The van der Waals surface area contributed by atoms with Gasteiger partial charge in [-0.1, -0.05) is 18.2 Å². The minimum Gasteiger partial charge on any atom is -0.492 e. The number of carbonyl (C=O) groups excluding carboxylic acids is 1. The fourth-order valence-corrected chi connectivity index (χ4v) is 4.81. The molecule has 1 amide bonds. The molecular weight excluding hydrogens is 370 g/mol. The molecule has 3 heterocycles. The summed E-state index contributed by atoms with van der Waals surface area (Å²) < 4.78 is 5.80. The number of amides is 1. The van der Waals surface area contributed by atoms with Gasteiger partial charge in [0.1, 0.15) is 12.4 Å². The zero-order chi connectivity index (χ0) is 19.2. The van der Waals surface area contributed by atoms with Gasteiger partial charge < -0.3 is 14.5 Å². The van der Waals surface area contributed by atoms with Crippen LogP contribution in [0.5, 0.6) is 5.75 Å². The average Bonchev–Trinajstić information content (AvgIpc) is 3.21. The lowest BCUT2D eigenvalue weighted by molar-refractivity contribution is -0.132. The van der Waals surface area contributed by atoms with Gasteiger partial charge in [-0.05, 0) is 35.6 Å². The number of nitrogens with zero attached hydrogens (tertiary/aromatic N) is 3. The molecular formula is C22H29N3O2S. The minimum atomic E-state index is 0.301. The second-order valence-electron chi connectivity index (χ2n) is 7.53. The molecule has 1 aromatic heterocycles. The van der Waals surface area contributed by atoms with Gasteiger partial charge in [0, 0.05) is 63.7 Å². The van der Waals surface area contributed by atoms with Crippen molar-refractivity contribution < 1.29 is 9.53 Å². The van der Waals surface area contributed by atoms with Gasteiger partial charge in [-0.3, -0.25) is 9.69 Å². The third-order valence-electron chi connectivity index (χ3n) is 5.69. The predicted molar refractivity (Wildman–Crippen MR) is 113 cm³/mol. The maximum atomic E-state index is 12.6. The third kappa shape index (κ3) is 5.13. The highest BCUT2D eigenvalue weighted by molar-refractivity contribution is 7.10. The fourth-order valence-electron chi connectivity index (χ4n) is 3.92. The van der Waals surface area contributed by atoms with Gasteiger partial charge in [0.15, 0.2) is 0 Å². The van der Waals surface area contributed by atoms with Crippen molar-refractivity contribution in [3.8, 4) is 5.75 Å². The average molecular weight is 400 g/mol. The molecule has 2 aromatic rings. The molecule has 0 radical (unpaired) electrons. The van der Waals surface area contributed by atoms with E-state index in [-0.39, 0.29) is 0 Å². The number of hydrogen-bond acceptors (Lipinski definition) is 5. The quantitative estimate of drug-likeness (QED) is 0.717. The summed E-state index contributed by atoms with van der Waals surface area (Å²) in [7, 11) is 0. The van der Waals surface area contributed by atoms with E-state index in [0.29, 0.717) is 12.3 Å². The lowest BCUT2D eigenvalue weighted by Gasteiger charge is -2.35. The number of ether oxygens (including phenoxy) is 1. The van der Waals surface area contributed by atoms with E-state index in [1.165, 1.54) is 10.4 Å². The molecule has 0 spiro atoms. The summed E-state index contributed by atoms with van der Waals surface area (Å²) in [5.74, 6) is 1.24. The van der Waals surface area contributed by atoms with Gasteiger partial charge in [-0.2, -0.15) is 0 Å². The van der Waals surface area contributed by atoms with Crippen LogP contribution in [0.25, 0.3) is 0 Å². The van der Waals surface area contributed by atoms with Crippen LogP contribution in [0.4, 0.5) is 0 Å². The first-order valence-electron chi connectivity index (χ1n) is 10.2.